The minimum atomic E-state index is -0.901. The zero-order valence-corrected chi connectivity index (χ0v) is 20.4. The first kappa shape index (κ1) is 24.8. The molecule has 35 heavy (non-hydrogen) atoms. The average Bonchev–Trinajstić information content (AvgIpc) is 3.39. The van der Waals surface area contributed by atoms with Crippen molar-refractivity contribution in [3.8, 4) is 11.1 Å². The summed E-state index contributed by atoms with van der Waals surface area (Å²) >= 11 is 0. The number of nitrogens with one attached hydrogen (secondary N) is 2. The fourth-order valence-corrected chi connectivity index (χ4v) is 5.34. The molecular weight excluding hydrogens is 444 g/mol. The molecule has 7 nitrogen and oxygen atoms in total. The Morgan fingerprint density at radius 3 is 2.14 bits per heavy atom. The first-order chi connectivity index (χ1) is 16.7. The van der Waals surface area contributed by atoms with Crippen LogP contribution in [0.4, 0.5) is 4.79 Å². The SMILES string of the molecule is CC(C)(CCNC(=O)OCC1c2ccccc2-c2ccccc21)C(=O)NC1(CC(=O)O)CCCC1. The summed E-state index contributed by atoms with van der Waals surface area (Å²) in [5, 5.41) is 15.1. The molecule has 2 aromatic carbocycles. The van der Waals surface area contributed by atoms with Crippen LogP contribution in [0.3, 0.4) is 0 Å². The van der Waals surface area contributed by atoms with Crippen molar-refractivity contribution in [2.75, 3.05) is 13.2 Å². The maximum atomic E-state index is 13.0. The quantitative estimate of drug-likeness (QED) is 0.478. The zero-order valence-electron chi connectivity index (χ0n) is 20.4. The first-order valence-electron chi connectivity index (χ1n) is 12.3. The molecule has 0 saturated heterocycles. The van der Waals surface area contributed by atoms with Crippen LogP contribution in [0.1, 0.15) is 69.4 Å². The number of aliphatic carboxylic acids is 1. The van der Waals surface area contributed by atoms with Gasteiger partial charge in [0.2, 0.25) is 5.91 Å². The number of carboxylic acid groups (broad SMARTS) is 1. The van der Waals surface area contributed by atoms with E-state index < -0.39 is 23.0 Å². The van der Waals surface area contributed by atoms with Crippen molar-refractivity contribution >= 4 is 18.0 Å². The smallest absolute Gasteiger partial charge is 0.407 e. The molecule has 0 bridgehead atoms. The Hall–Kier alpha value is -3.35. The summed E-state index contributed by atoms with van der Waals surface area (Å²) in [6.45, 7) is 4.14. The molecule has 0 spiro atoms. The van der Waals surface area contributed by atoms with E-state index in [1.807, 2.05) is 38.1 Å². The number of rotatable bonds is 9. The van der Waals surface area contributed by atoms with Crippen LogP contribution < -0.4 is 10.6 Å². The number of carbonyl (C=O) groups is 3. The summed E-state index contributed by atoms with van der Waals surface area (Å²) in [4.78, 5) is 36.7. The van der Waals surface area contributed by atoms with Crippen LogP contribution in [0.25, 0.3) is 11.1 Å². The summed E-state index contributed by atoms with van der Waals surface area (Å²) in [6.07, 6.45) is 3.02. The van der Waals surface area contributed by atoms with E-state index in [0.717, 1.165) is 24.0 Å². The predicted molar refractivity (Wildman–Crippen MR) is 133 cm³/mol. The van der Waals surface area contributed by atoms with Gasteiger partial charge in [-0.2, -0.15) is 0 Å². The second-order valence-electron chi connectivity index (χ2n) is 10.4. The van der Waals surface area contributed by atoms with Crippen molar-refractivity contribution in [1.29, 1.82) is 0 Å². The number of hydrogen-bond acceptors (Lipinski definition) is 4. The molecule has 2 aliphatic carbocycles. The second kappa shape index (κ2) is 10.1. The molecule has 0 heterocycles. The monoisotopic (exact) mass is 478 g/mol. The normalized spacial score (nSPS) is 16.3. The molecule has 2 amide bonds. The van der Waals surface area contributed by atoms with Gasteiger partial charge in [0.15, 0.2) is 0 Å². The van der Waals surface area contributed by atoms with Gasteiger partial charge in [0, 0.05) is 17.9 Å². The Balaban J connectivity index is 1.28. The van der Waals surface area contributed by atoms with Crippen molar-refractivity contribution in [1.82, 2.24) is 10.6 Å². The molecule has 1 fully saturated rings. The lowest BCUT2D eigenvalue weighted by atomic mass is 9.85. The van der Waals surface area contributed by atoms with E-state index in [4.69, 9.17) is 4.74 Å². The number of carboxylic acids is 1. The summed E-state index contributed by atoms with van der Waals surface area (Å²) in [5.74, 6) is -1.09. The number of ether oxygens (including phenoxy) is 1. The lowest BCUT2D eigenvalue weighted by molar-refractivity contribution is -0.140. The molecule has 2 aliphatic rings. The molecule has 0 radical (unpaired) electrons. The van der Waals surface area contributed by atoms with Crippen LogP contribution in [0, 0.1) is 5.41 Å². The largest absolute Gasteiger partial charge is 0.481 e. The molecule has 0 atom stereocenters. The summed E-state index contributed by atoms with van der Waals surface area (Å²) in [7, 11) is 0. The standard InChI is InChI=1S/C28H34N2O5/c1-27(2,25(33)30-28(17-24(31)32)13-7-8-14-28)15-16-29-26(34)35-18-23-21-11-5-3-9-19(21)20-10-4-6-12-22(20)23/h3-6,9-12,23H,7-8,13-18H2,1-2H3,(H,29,34)(H,30,33)(H,31,32). The van der Waals surface area contributed by atoms with E-state index in [-0.39, 0.29) is 31.4 Å². The van der Waals surface area contributed by atoms with Crippen molar-refractivity contribution < 1.29 is 24.2 Å². The minimum Gasteiger partial charge on any atom is -0.481 e. The van der Waals surface area contributed by atoms with E-state index >= 15 is 0 Å². The fraction of sp³-hybridized carbons (Fsp3) is 0.464. The average molecular weight is 479 g/mol. The van der Waals surface area contributed by atoms with Gasteiger partial charge in [-0.3, -0.25) is 9.59 Å². The van der Waals surface area contributed by atoms with Crippen LogP contribution in [-0.2, 0) is 14.3 Å². The zero-order chi connectivity index (χ0) is 25.1. The second-order valence-corrected chi connectivity index (χ2v) is 10.4. The van der Waals surface area contributed by atoms with Gasteiger partial charge in [0.1, 0.15) is 6.61 Å². The Morgan fingerprint density at radius 2 is 1.57 bits per heavy atom. The maximum absolute atomic E-state index is 13.0. The van der Waals surface area contributed by atoms with Gasteiger partial charge in [0.25, 0.3) is 0 Å². The van der Waals surface area contributed by atoms with Gasteiger partial charge in [-0.25, -0.2) is 4.79 Å². The molecule has 0 aliphatic heterocycles. The van der Waals surface area contributed by atoms with Gasteiger partial charge >= 0.3 is 12.1 Å². The van der Waals surface area contributed by atoms with E-state index in [0.29, 0.717) is 19.3 Å². The van der Waals surface area contributed by atoms with Crippen molar-refractivity contribution in [2.45, 2.75) is 63.8 Å². The molecule has 4 rings (SSSR count). The number of alkyl carbamates (subject to hydrolysis) is 1. The van der Waals surface area contributed by atoms with Crippen molar-refractivity contribution in [2.24, 2.45) is 5.41 Å². The van der Waals surface area contributed by atoms with Crippen molar-refractivity contribution in [3.63, 3.8) is 0 Å². The number of hydrogen-bond donors (Lipinski definition) is 3. The fourth-order valence-electron chi connectivity index (χ4n) is 5.34. The highest BCUT2D eigenvalue weighted by atomic mass is 16.5. The summed E-state index contributed by atoms with van der Waals surface area (Å²) in [6, 6.07) is 16.3. The molecule has 0 aromatic heterocycles. The lowest BCUT2D eigenvalue weighted by Crippen LogP contribution is -2.52. The molecule has 186 valence electrons. The summed E-state index contributed by atoms with van der Waals surface area (Å²) in [5.41, 5.74) is 3.23. The predicted octanol–water partition coefficient (Wildman–Crippen LogP) is 4.85. The lowest BCUT2D eigenvalue weighted by Gasteiger charge is -2.33. The van der Waals surface area contributed by atoms with Gasteiger partial charge in [-0.15, -0.1) is 0 Å². The molecule has 0 unspecified atom stereocenters. The Morgan fingerprint density at radius 1 is 1.00 bits per heavy atom. The number of benzene rings is 2. The summed E-state index contributed by atoms with van der Waals surface area (Å²) < 4.78 is 5.57. The third-order valence-electron chi connectivity index (χ3n) is 7.41. The van der Waals surface area contributed by atoms with E-state index in [9.17, 15) is 19.5 Å². The molecule has 1 saturated carbocycles. The number of carbonyl (C=O) groups excluding carboxylic acids is 2. The molecule has 2 aromatic rings. The van der Waals surface area contributed by atoms with Gasteiger partial charge in [-0.05, 0) is 41.5 Å². The van der Waals surface area contributed by atoms with E-state index in [1.54, 1.807) is 0 Å². The van der Waals surface area contributed by atoms with E-state index in [2.05, 4.69) is 34.9 Å². The van der Waals surface area contributed by atoms with Crippen molar-refractivity contribution in [3.05, 3.63) is 59.7 Å². The maximum Gasteiger partial charge on any atom is 0.407 e. The van der Waals surface area contributed by atoms with Gasteiger partial charge < -0.3 is 20.5 Å². The highest BCUT2D eigenvalue weighted by Gasteiger charge is 2.40. The molecule has 7 heteroatoms. The highest BCUT2D eigenvalue weighted by molar-refractivity contribution is 5.83. The van der Waals surface area contributed by atoms with Gasteiger partial charge in [0.05, 0.1) is 12.0 Å². The third kappa shape index (κ3) is 5.50. The van der Waals surface area contributed by atoms with Gasteiger partial charge in [-0.1, -0.05) is 75.2 Å². The first-order valence-corrected chi connectivity index (χ1v) is 12.3. The highest BCUT2D eigenvalue weighted by Crippen LogP contribution is 2.44. The van der Waals surface area contributed by atoms with Crippen LogP contribution >= 0.6 is 0 Å². The Labute approximate surface area is 206 Å². The topological polar surface area (TPSA) is 105 Å². The Bertz CT molecular complexity index is 1060. The minimum absolute atomic E-state index is 0.00722. The number of amides is 2. The van der Waals surface area contributed by atoms with Crippen LogP contribution in [0.2, 0.25) is 0 Å². The number of fused-ring (bicyclic) bond motifs is 3. The molecular formula is C28H34N2O5. The van der Waals surface area contributed by atoms with Crippen LogP contribution in [-0.4, -0.2) is 41.8 Å². The van der Waals surface area contributed by atoms with E-state index in [1.165, 1.54) is 11.1 Å². The van der Waals surface area contributed by atoms with Crippen LogP contribution in [0.15, 0.2) is 48.5 Å². The molecule has 3 N–H and O–H groups in total. The van der Waals surface area contributed by atoms with Crippen LogP contribution in [0.5, 0.6) is 0 Å². The third-order valence-corrected chi connectivity index (χ3v) is 7.41. The Kier molecular flexibility index (Phi) is 7.15.